The van der Waals surface area contributed by atoms with Gasteiger partial charge in [0, 0.05) is 24.5 Å². The summed E-state index contributed by atoms with van der Waals surface area (Å²) < 4.78 is 33.6. The summed E-state index contributed by atoms with van der Waals surface area (Å²) in [5.74, 6) is 0.328. The molecule has 0 spiro atoms. The fourth-order valence-corrected chi connectivity index (χ4v) is 5.03. The van der Waals surface area contributed by atoms with E-state index in [2.05, 4.69) is 16.4 Å². The number of aromatic nitrogens is 2. The third-order valence-electron chi connectivity index (χ3n) is 4.79. The molecule has 0 saturated carbocycles. The smallest absolute Gasteiger partial charge is 0.271 e. The predicted molar refractivity (Wildman–Crippen MR) is 106 cm³/mol. The van der Waals surface area contributed by atoms with Crippen LogP contribution in [0.3, 0.4) is 0 Å². The van der Waals surface area contributed by atoms with E-state index in [1.807, 2.05) is 13.0 Å². The molecule has 1 aliphatic heterocycles. The van der Waals surface area contributed by atoms with Crippen molar-refractivity contribution in [2.45, 2.75) is 18.2 Å². The van der Waals surface area contributed by atoms with Gasteiger partial charge in [0.1, 0.15) is 10.6 Å². The number of pyridine rings is 1. The summed E-state index contributed by atoms with van der Waals surface area (Å²) in [6, 6.07) is 8.69. The summed E-state index contributed by atoms with van der Waals surface area (Å²) in [6.45, 7) is 3.50. The first-order chi connectivity index (χ1) is 13.0. The third-order valence-corrected chi connectivity index (χ3v) is 6.49. The van der Waals surface area contributed by atoms with Gasteiger partial charge < -0.3 is 10.1 Å². The van der Waals surface area contributed by atoms with Crippen molar-refractivity contribution in [2.75, 3.05) is 20.2 Å². The van der Waals surface area contributed by atoms with Crippen LogP contribution in [-0.2, 0) is 10.0 Å². The van der Waals surface area contributed by atoms with Gasteiger partial charge in [-0.15, -0.1) is 0 Å². The van der Waals surface area contributed by atoms with Crippen molar-refractivity contribution in [1.82, 2.24) is 14.3 Å². The molecule has 1 aromatic carbocycles. The Balaban J connectivity index is 1.97. The highest BCUT2D eigenvalue weighted by Crippen LogP contribution is 2.33. The maximum atomic E-state index is 13.5. The zero-order valence-corrected chi connectivity index (χ0v) is 16.1. The zero-order valence-electron chi connectivity index (χ0n) is 15.3. The van der Waals surface area contributed by atoms with E-state index in [9.17, 15) is 8.42 Å². The lowest BCUT2D eigenvalue weighted by Gasteiger charge is -2.13. The number of hydrogen-bond donors (Lipinski definition) is 1. The second-order valence-corrected chi connectivity index (χ2v) is 8.34. The predicted octanol–water partition coefficient (Wildman–Crippen LogP) is 2.97. The number of aryl methyl sites for hydroxylation is 1. The van der Waals surface area contributed by atoms with Gasteiger partial charge in [0.05, 0.1) is 18.1 Å². The SMILES string of the molecule is COc1ccc(C)cc1S(=O)(=O)n1cc(C2=CCNCC2)c2ncccc21. The molecule has 0 atom stereocenters. The minimum absolute atomic E-state index is 0.150. The number of nitrogens with zero attached hydrogens (tertiary/aromatic N) is 2. The summed E-state index contributed by atoms with van der Waals surface area (Å²) in [4.78, 5) is 4.62. The van der Waals surface area contributed by atoms with Crippen LogP contribution in [0.5, 0.6) is 5.75 Å². The van der Waals surface area contributed by atoms with E-state index in [1.165, 1.54) is 11.1 Å². The molecule has 2 aromatic heterocycles. The lowest BCUT2D eigenvalue weighted by Crippen LogP contribution is -2.20. The average molecular weight is 383 g/mol. The van der Waals surface area contributed by atoms with Crippen LogP contribution in [-0.4, -0.2) is 37.6 Å². The second kappa shape index (κ2) is 6.83. The van der Waals surface area contributed by atoms with Gasteiger partial charge >= 0.3 is 0 Å². The van der Waals surface area contributed by atoms with E-state index in [-0.39, 0.29) is 4.90 Å². The summed E-state index contributed by atoms with van der Waals surface area (Å²) in [7, 11) is -2.36. The van der Waals surface area contributed by atoms with Crippen molar-refractivity contribution in [3.63, 3.8) is 0 Å². The van der Waals surface area contributed by atoms with Crippen molar-refractivity contribution in [1.29, 1.82) is 0 Å². The lowest BCUT2D eigenvalue weighted by molar-refractivity contribution is 0.402. The first-order valence-electron chi connectivity index (χ1n) is 8.79. The molecule has 7 heteroatoms. The molecular formula is C20H21N3O3S. The Morgan fingerprint density at radius 1 is 1.26 bits per heavy atom. The molecule has 3 aromatic rings. The minimum Gasteiger partial charge on any atom is -0.495 e. The molecule has 0 radical (unpaired) electrons. The molecule has 0 saturated heterocycles. The van der Waals surface area contributed by atoms with Crippen LogP contribution in [0.2, 0.25) is 0 Å². The molecule has 6 nitrogen and oxygen atoms in total. The molecular weight excluding hydrogens is 362 g/mol. The average Bonchev–Trinajstić information content (AvgIpc) is 3.09. The first kappa shape index (κ1) is 17.8. The maximum absolute atomic E-state index is 13.5. The fourth-order valence-electron chi connectivity index (χ4n) is 3.42. The number of nitrogens with one attached hydrogen (secondary N) is 1. The number of ether oxygens (including phenoxy) is 1. The van der Waals surface area contributed by atoms with Gasteiger partial charge in [-0.05, 0) is 55.3 Å². The third kappa shape index (κ3) is 3.02. The summed E-state index contributed by atoms with van der Waals surface area (Å²) >= 11 is 0. The molecule has 140 valence electrons. The molecule has 0 amide bonds. The Morgan fingerprint density at radius 3 is 2.85 bits per heavy atom. The first-order valence-corrected chi connectivity index (χ1v) is 10.2. The zero-order chi connectivity index (χ0) is 19.0. The topological polar surface area (TPSA) is 73.2 Å². The second-order valence-electron chi connectivity index (χ2n) is 6.55. The highest BCUT2D eigenvalue weighted by atomic mass is 32.2. The molecule has 0 fully saturated rings. The number of benzene rings is 1. The van der Waals surface area contributed by atoms with Crippen molar-refractivity contribution in [3.8, 4) is 5.75 Å². The standard InChI is InChI=1S/C20H21N3O3S/c1-14-5-6-18(26-2)19(12-14)27(24,25)23-13-16(15-7-10-21-11-8-15)20-17(23)4-3-9-22-20/h3-7,9,12-13,21H,8,10-11H2,1-2H3. The van der Waals surface area contributed by atoms with Crippen LogP contribution < -0.4 is 10.1 Å². The largest absolute Gasteiger partial charge is 0.495 e. The highest BCUT2D eigenvalue weighted by Gasteiger charge is 2.26. The van der Waals surface area contributed by atoms with Crippen molar-refractivity contribution in [2.24, 2.45) is 0 Å². The quantitative estimate of drug-likeness (QED) is 0.750. The van der Waals surface area contributed by atoms with Gasteiger partial charge in [-0.25, -0.2) is 12.4 Å². The normalized spacial score (nSPS) is 15.0. The summed E-state index contributed by atoms with van der Waals surface area (Å²) in [5, 5.41) is 3.28. The van der Waals surface area contributed by atoms with Gasteiger partial charge in [0.2, 0.25) is 0 Å². The van der Waals surface area contributed by atoms with Gasteiger partial charge in [-0.1, -0.05) is 12.1 Å². The van der Waals surface area contributed by atoms with Crippen LogP contribution in [0, 0.1) is 6.92 Å². The van der Waals surface area contributed by atoms with Gasteiger partial charge in [0.15, 0.2) is 0 Å². The molecule has 0 aliphatic carbocycles. The Morgan fingerprint density at radius 2 is 2.11 bits per heavy atom. The van der Waals surface area contributed by atoms with E-state index in [0.717, 1.165) is 36.2 Å². The maximum Gasteiger partial charge on any atom is 0.271 e. The van der Waals surface area contributed by atoms with Crippen LogP contribution >= 0.6 is 0 Å². The number of rotatable bonds is 4. The minimum atomic E-state index is -3.84. The Bertz CT molecular complexity index is 1150. The van der Waals surface area contributed by atoms with Crippen LogP contribution in [0.1, 0.15) is 17.5 Å². The van der Waals surface area contributed by atoms with Crippen molar-refractivity contribution in [3.05, 3.63) is 59.9 Å². The van der Waals surface area contributed by atoms with Gasteiger partial charge in [0.25, 0.3) is 10.0 Å². The number of methoxy groups -OCH3 is 1. The number of hydrogen-bond acceptors (Lipinski definition) is 5. The lowest BCUT2D eigenvalue weighted by atomic mass is 10.0. The van der Waals surface area contributed by atoms with E-state index in [0.29, 0.717) is 16.8 Å². The van der Waals surface area contributed by atoms with E-state index < -0.39 is 10.0 Å². The van der Waals surface area contributed by atoms with Crippen LogP contribution in [0.25, 0.3) is 16.6 Å². The molecule has 0 unspecified atom stereocenters. The molecule has 1 aliphatic rings. The van der Waals surface area contributed by atoms with E-state index >= 15 is 0 Å². The Labute approximate surface area is 158 Å². The van der Waals surface area contributed by atoms with Gasteiger partial charge in [-0.3, -0.25) is 4.98 Å². The van der Waals surface area contributed by atoms with Crippen molar-refractivity contribution < 1.29 is 13.2 Å². The number of fused-ring (bicyclic) bond motifs is 1. The molecule has 4 rings (SSSR count). The summed E-state index contributed by atoms with van der Waals surface area (Å²) in [6.07, 6.45) is 6.31. The molecule has 27 heavy (non-hydrogen) atoms. The van der Waals surface area contributed by atoms with Crippen LogP contribution in [0.15, 0.2) is 53.7 Å². The van der Waals surface area contributed by atoms with E-state index in [1.54, 1.807) is 36.7 Å². The van der Waals surface area contributed by atoms with Gasteiger partial charge in [-0.2, -0.15) is 0 Å². The molecule has 3 heterocycles. The fraction of sp³-hybridized carbons (Fsp3) is 0.250. The molecule has 1 N–H and O–H groups in total. The molecule has 0 bridgehead atoms. The summed E-state index contributed by atoms with van der Waals surface area (Å²) in [5.41, 5.74) is 4.09. The van der Waals surface area contributed by atoms with Crippen molar-refractivity contribution >= 4 is 26.6 Å². The highest BCUT2D eigenvalue weighted by molar-refractivity contribution is 7.90. The van der Waals surface area contributed by atoms with Crippen LogP contribution in [0.4, 0.5) is 0 Å². The Hall–Kier alpha value is -2.64. The monoisotopic (exact) mass is 383 g/mol. The Kier molecular flexibility index (Phi) is 4.49. The van der Waals surface area contributed by atoms with E-state index in [4.69, 9.17) is 4.74 Å².